The van der Waals surface area contributed by atoms with Crippen LogP contribution < -0.4 is 5.32 Å². The van der Waals surface area contributed by atoms with Crippen LogP contribution in [0.2, 0.25) is 0 Å². The fourth-order valence-electron chi connectivity index (χ4n) is 1.54. The van der Waals surface area contributed by atoms with Crippen LogP contribution in [0.3, 0.4) is 0 Å². The summed E-state index contributed by atoms with van der Waals surface area (Å²) in [4.78, 5) is 11.7. The second kappa shape index (κ2) is 4.35. The van der Waals surface area contributed by atoms with E-state index in [1.165, 1.54) is 0 Å². The molecule has 0 aromatic heterocycles. The second-order valence-corrected chi connectivity index (χ2v) is 5.06. The summed E-state index contributed by atoms with van der Waals surface area (Å²) >= 11 is -1.46. The molecular weight excluding hydrogens is 226 g/mol. The van der Waals surface area contributed by atoms with Gasteiger partial charge in [-0.2, -0.15) is 0 Å². The molecule has 1 amide bonds. The Morgan fingerprint density at radius 3 is 2.88 bits per heavy atom. The van der Waals surface area contributed by atoms with Crippen molar-refractivity contribution in [2.24, 2.45) is 0 Å². The van der Waals surface area contributed by atoms with E-state index in [9.17, 15) is 9.00 Å². The Morgan fingerprint density at radius 1 is 1.44 bits per heavy atom. The Hall–Kier alpha value is -1.20. The number of nitrogens with one attached hydrogen (secondary N) is 1. The maximum absolute atomic E-state index is 11.7. The van der Waals surface area contributed by atoms with Gasteiger partial charge in [-0.3, -0.25) is 8.98 Å². The van der Waals surface area contributed by atoms with Crippen LogP contribution in [0.1, 0.15) is 19.4 Å². The first-order valence-corrected chi connectivity index (χ1v) is 6.15. The molecule has 0 spiro atoms. The summed E-state index contributed by atoms with van der Waals surface area (Å²) in [5, 5.41) is 2.73. The summed E-state index contributed by atoms with van der Waals surface area (Å²) in [5.74, 6) is -0.0253. The van der Waals surface area contributed by atoms with Gasteiger partial charge in [-0.05, 0) is 37.6 Å². The molecule has 0 radical (unpaired) electrons. The minimum Gasteiger partial charge on any atom is -0.326 e. The molecule has 2 rings (SSSR count). The van der Waals surface area contributed by atoms with Crippen LogP contribution in [0.4, 0.5) is 5.69 Å². The highest BCUT2D eigenvalue weighted by Gasteiger charge is 2.19. The number of hydrogen-bond acceptors (Lipinski definition) is 3. The van der Waals surface area contributed by atoms with Gasteiger partial charge in [0.15, 0.2) is 11.1 Å². The van der Waals surface area contributed by atoms with Crippen LogP contribution >= 0.6 is 0 Å². The van der Waals surface area contributed by atoms with Crippen molar-refractivity contribution < 1.29 is 13.2 Å². The second-order valence-electron chi connectivity index (χ2n) is 3.92. The molecule has 5 heteroatoms. The van der Waals surface area contributed by atoms with E-state index >= 15 is 0 Å². The van der Waals surface area contributed by atoms with Gasteiger partial charge < -0.3 is 5.32 Å². The Morgan fingerprint density at radius 2 is 2.19 bits per heavy atom. The lowest BCUT2D eigenvalue weighted by Crippen LogP contribution is -2.06. The molecule has 1 aromatic rings. The standard InChI is InChI=1S/C11H13NO3S/c1-7(2)15-16(14)9-3-4-10-8(5-9)6-11(13)12-10/h3-5,7H,6H2,1-2H3,(H,12,13). The van der Waals surface area contributed by atoms with Crippen LogP contribution in [0.5, 0.6) is 0 Å². The fourth-order valence-corrected chi connectivity index (χ4v) is 2.42. The molecular formula is C11H13NO3S. The average Bonchev–Trinajstić information content (AvgIpc) is 2.55. The normalized spacial score (nSPS) is 16.1. The van der Waals surface area contributed by atoms with Crippen LogP contribution in [-0.4, -0.2) is 16.2 Å². The van der Waals surface area contributed by atoms with Crippen molar-refractivity contribution in [2.75, 3.05) is 5.32 Å². The van der Waals surface area contributed by atoms with Crippen molar-refractivity contribution in [3.05, 3.63) is 23.8 Å². The molecule has 86 valence electrons. The molecule has 4 nitrogen and oxygen atoms in total. The lowest BCUT2D eigenvalue weighted by Gasteiger charge is -2.07. The molecule has 1 N–H and O–H groups in total. The SMILES string of the molecule is CC(C)OS(=O)c1ccc2c(c1)CC(=O)N2. The maximum Gasteiger partial charge on any atom is 0.228 e. The summed E-state index contributed by atoms with van der Waals surface area (Å²) in [6, 6.07) is 5.23. The van der Waals surface area contributed by atoms with Crippen molar-refractivity contribution in [1.82, 2.24) is 0 Å². The number of anilines is 1. The Balaban J connectivity index is 2.22. The van der Waals surface area contributed by atoms with Gasteiger partial charge in [-0.15, -0.1) is 0 Å². The highest BCUT2D eigenvalue weighted by atomic mass is 32.2. The third-order valence-electron chi connectivity index (χ3n) is 2.17. The lowest BCUT2D eigenvalue weighted by molar-refractivity contribution is -0.115. The Bertz CT molecular complexity index is 457. The largest absolute Gasteiger partial charge is 0.326 e. The molecule has 1 aliphatic rings. The number of carbonyl (C=O) groups excluding carboxylic acids is 1. The molecule has 1 unspecified atom stereocenters. The number of amides is 1. The summed E-state index contributed by atoms with van der Waals surface area (Å²) in [5.41, 5.74) is 1.68. The minimum absolute atomic E-state index is 0.0253. The Labute approximate surface area is 96.7 Å². The number of rotatable bonds is 3. The highest BCUT2D eigenvalue weighted by molar-refractivity contribution is 7.80. The smallest absolute Gasteiger partial charge is 0.228 e. The van der Waals surface area contributed by atoms with E-state index in [4.69, 9.17) is 4.18 Å². The zero-order valence-corrected chi connectivity index (χ0v) is 9.97. The fraction of sp³-hybridized carbons (Fsp3) is 0.364. The van der Waals surface area contributed by atoms with E-state index in [0.717, 1.165) is 11.3 Å². The topological polar surface area (TPSA) is 55.4 Å². The number of fused-ring (bicyclic) bond motifs is 1. The maximum atomic E-state index is 11.7. The molecule has 0 aliphatic carbocycles. The van der Waals surface area contributed by atoms with Crippen LogP contribution in [-0.2, 0) is 26.5 Å². The number of hydrogen-bond donors (Lipinski definition) is 1. The van der Waals surface area contributed by atoms with Gasteiger partial charge in [0.1, 0.15) is 0 Å². The zero-order valence-electron chi connectivity index (χ0n) is 9.15. The van der Waals surface area contributed by atoms with Crippen molar-refractivity contribution in [2.45, 2.75) is 31.3 Å². The van der Waals surface area contributed by atoms with Crippen LogP contribution in [0.15, 0.2) is 23.1 Å². The van der Waals surface area contributed by atoms with Gasteiger partial charge in [0.2, 0.25) is 5.91 Å². The van der Waals surface area contributed by atoms with Crippen molar-refractivity contribution in [1.29, 1.82) is 0 Å². The van der Waals surface area contributed by atoms with Crippen molar-refractivity contribution >= 4 is 22.7 Å². The molecule has 1 atom stereocenters. The van der Waals surface area contributed by atoms with E-state index in [0.29, 0.717) is 11.3 Å². The third-order valence-corrected chi connectivity index (χ3v) is 3.37. The number of carbonyl (C=O) groups is 1. The summed E-state index contributed by atoms with van der Waals surface area (Å²) in [6.07, 6.45) is 0.260. The molecule has 1 aliphatic heterocycles. The predicted molar refractivity (Wildman–Crippen MR) is 61.4 cm³/mol. The molecule has 0 saturated heterocycles. The van der Waals surface area contributed by atoms with Gasteiger partial charge in [0.25, 0.3) is 0 Å². The zero-order chi connectivity index (χ0) is 11.7. The first-order chi connectivity index (χ1) is 7.56. The van der Waals surface area contributed by atoms with Gasteiger partial charge in [-0.25, -0.2) is 4.21 Å². The third kappa shape index (κ3) is 2.31. The predicted octanol–water partition coefficient (Wildman–Crippen LogP) is 1.63. The van der Waals surface area contributed by atoms with Crippen LogP contribution in [0.25, 0.3) is 0 Å². The van der Waals surface area contributed by atoms with Gasteiger partial charge in [0, 0.05) is 5.69 Å². The monoisotopic (exact) mass is 239 g/mol. The highest BCUT2D eigenvalue weighted by Crippen LogP contribution is 2.25. The number of benzene rings is 1. The lowest BCUT2D eigenvalue weighted by atomic mass is 10.2. The van der Waals surface area contributed by atoms with E-state index in [1.807, 2.05) is 13.8 Å². The van der Waals surface area contributed by atoms with E-state index in [-0.39, 0.29) is 12.0 Å². The quantitative estimate of drug-likeness (QED) is 0.872. The van der Waals surface area contributed by atoms with Gasteiger partial charge in [-0.1, -0.05) is 0 Å². The molecule has 1 aromatic carbocycles. The van der Waals surface area contributed by atoms with Crippen molar-refractivity contribution in [3.8, 4) is 0 Å². The average molecular weight is 239 g/mol. The first-order valence-electron chi connectivity index (χ1n) is 5.08. The molecule has 0 fully saturated rings. The Kier molecular flexibility index (Phi) is 3.07. The molecule has 1 heterocycles. The molecule has 0 saturated carbocycles. The molecule has 16 heavy (non-hydrogen) atoms. The minimum atomic E-state index is -1.46. The summed E-state index contributed by atoms with van der Waals surface area (Å²) in [7, 11) is 0. The first kappa shape index (κ1) is 11.3. The van der Waals surface area contributed by atoms with E-state index in [1.54, 1.807) is 18.2 Å². The van der Waals surface area contributed by atoms with E-state index < -0.39 is 11.1 Å². The molecule has 0 bridgehead atoms. The van der Waals surface area contributed by atoms with Gasteiger partial charge in [0.05, 0.1) is 17.4 Å². The van der Waals surface area contributed by atoms with Crippen molar-refractivity contribution in [3.63, 3.8) is 0 Å². The van der Waals surface area contributed by atoms with Crippen LogP contribution in [0, 0.1) is 0 Å². The van der Waals surface area contributed by atoms with E-state index in [2.05, 4.69) is 5.32 Å². The van der Waals surface area contributed by atoms with Gasteiger partial charge >= 0.3 is 0 Å². The summed E-state index contributed by atoms with van der Waals surface area (Å²) in [6.45, 7) is 3.66. The summed E-state index contributed by atoms with van der Waals surface area (Å²) < 4.78 is 16.9.